The summed E-state index contributed by atoms with van der Waals surface area (Å²) in [5, 5.41) is 4.95. The molecule has 0 spiro atoms. The molecule has 1 aromatic heterocycles. The molecule has 0 atom stereocenters. The van der Waals surface area contributed by atoms with E-state index in [1.807, 2.05) is 23.4 Å². The van der Waals surface area contributed by atoms with E-state index in [1.54, 1.807) is 23.9 Å². The first-order valence-electron chi connectivity index (χ1n) is 5.62. The predicted molar refractivity (Wildman–Crippen MR) is 78.5 cm³/mol. The van der Waals surface area contributed by atoms with E-state index in [0.717, 1.165) is 11.1 Å². The number of urea groups is 1. The maximum absolute atomic E-state index is 11.7. The molecule has 20 heavy (non-hydrogen) atoms. The standard InChI is InChI=1S/C12H12N4O3S/c1-20-8-4-2-3-7(5-8)14-12(19)15-9-6-13-11(18)16-10(9)17/h2-6H,1H3,(H2,14,15,19)(H2,13,16,17,18). The van der Waals surface area contributed by atoms with Crippen molar-refractivity contribution in [2.75, 3.05) is 16.9 Å². The van der Waals surface area contributed by atoms with Crippen molar-refractivity contribution in [1.29, 1.82) is 0 Å². The molecule has 0 bridgehead atoms. The number of nitrogens with one attached hydrogen (secondary N) is 4. The fourth-order valence-corrected chi connectivity index (χ4v) is 1.95. The third-order valence-electron chi connectivity index (χ3n) is 2.40. The molecule has 0 radical (unpaired) electrons. The van der Waals surface area contributed by atoms with Crippen LogP contribution in [0.25, 0.3) is 0 Å². The van der Waals surface area contributed by atoms with Gasteiger partial charge in [-0.25, -0.2) is 9.59 Å². The van der Waals surface area contributed by atoms with Crippen LogP contribution in [0.4, 0.5) is 16.2 Å². The van der Waals surface area contributed by atoms with Crippen molar-refractivity contribution in [2.24, 2.45) is 0 Å². The molecule has 1 heterocycles. The molecule has 2 aromatic rings. The van der Waals surface area contributed by atoms with Gasteiger partial charge in [-0.2, -0.15) is 0 Å². The number of hydrogen-bond donors (Lipinski definition) is 4. The highest BCUT2D eigenvalue weighted by Gasteiger charge is 2.06. The van der Waals surface area contributed by atoms with Crippen molar-refractivity contribution >= 4 is 29.2 Å². The van der Waals surface area contributed by atoms with Crippen LogP contribution in [0.3, 0.4) is 0 Å². The van der Waals surface area contributed by atoms with Gasteiger partial charge in [0.25, 0.3) is 5.56 Å². The van der Waals surface area contributed by atoms with E-state index in [2.05, 4.69) is 15.6 Å². The van der Waals surface area contributed by atoms with E-state index in [0.29, 0.717) is 5.69 Å². The van der Waals surface area contributed by atoms with Gasteiger partial charge in [0.15, 0.2) is 0 Å². The largest absolute Gasteiger partial charge is 0.325 e. The molecule has 0 saturated carbocycles. The average molecular weight is 292 g/mol. The fraction of sp³-hybridized carbons (Fsp3) is 0.0833. The lowest BCUT2D eigenvalue weighted by molar-refractivity contribution is 0.262. The minimum atomic E-state index is -0.665. The second kappa shape index (κ2) is 6.11. The Balaban J connectivity index is 2.08. The monoisotopic (exact) mass is 292 g/mol. The molecule has 104 valence electrons. The number of aromatic nitrogens is 2. The first-order chi connectivity index (χ1) is 9.58. The first kappa shape index (κ1) is 13.9. The molecule has 0 unspecified atom stereocenters. The van der Waals surface area contributed by atoms with Crippen LogP contribution in [-0.2, 0) is 0 Å². The highest BCUT2D eigenvalue weighted by molar-refractivity contribution is 7.98. The number of anilines is 2. The molecule has 8 heteroatoms. The third-order valence-corrected chi connectivity index (χ3v) is 3.12. The summed E-state index contributed by atoms with van der Waals surface area (Å²) in [5.74, 6) is 0. The van der Waals surface area contributed by atoms with Gasteiger partial charge in [0.2, 0.25) is 0 Å². The van der Waals surface area contributed by atoms with Crippen LogP contribution < -0.4 is 21.9 Å². The van der Waals surface area contributed by atoms with Gasteiger partial charge in [-0.15, -0.1) is 11.8 Å². The van der Waals surface area contributed by atoms with E-state index in [1.165, 1.54) is 0 Å². The van der Waals surface area contributed by atoms with Crippen molar-refractivity contribution in [1.82, 2.24) is 9.97 Å². The minimum Gasteiger partial charge on any atom is -0.312 e. The average Bonchev–Trinajstić information content (AvgIpc) is 2.42. The predicted octanol–water partition coefficient (Wildman–Crippen LogP) is 1.43. The van der Waals surface area contributed by atoms with E-state index in [9.17, 15) is 14.4 Å². The maximum Gasteiger partial charge on any atom is 0.325 e. The topological polar surface area (TPSA) is 107 Å². The minimum absolute atomic E-state index is 0.0388. The molecule has 0 fully saturated rings. The Labute approximate surface area is 117 Å². The normalized spacial score (nSPS) is 10.1. The lowest BCUT2D eigenvalue weighted by atomic mass is 10.3. The highest BCUT2D eigenvalue weighted by Crippen LogP contribution is 2.18. The van der Waals surface area contributed by atoms with Crippen LogP contribution in [0.2, 0.25) is 0 Å². The van der Waals surface area contributed by atoms with E-state index in [4.69, 9.17) is 0 Å². The van der Waals surface area contributed by atoms with E-state index < -0.39 is 17.3 Å². The van der Waals surface area contributed by atoms with Gasteiger partial charge >= 0.3 is 11.7 Å². The zero-order chi connectivity index (χ0) is 14.5. The number of hydrogen-bond acceptors (Lipinski definition) is 4. The van der Waals surface area contributed by atoms with Gasteiger partial charge in [-0.3, -0.25) is 9.78 Å². The molecule has 1 aromatic carbocycles. The number of aromatic amines is 2. The van der Waals surface area contributed by atoms with Crippen molar-refractivity contribution in [2.45, 2.75) is 4.90 Å². The maximum atomic E-state index is 11.7. The van der Waals surface area contributed by atoms with Crippen molar-refractivity contribution in [3.63, 3.8) is 0 Å². The van der Waals surface area contributed by atoms with Crippen LogP contribution in [0.5, 0.6) is 0 Å². The number of carbonyl (C=O) groups excluding carboxylic acids is 1. The van der Waals surface area contributed by atoms with E-state index in [-0.39, 0.29) is 5.69 Å². The lowest BCUT2D eigenvalue weighted by Crippen LogP contribution is -2.28. The molecule has 0 aliphatic rings. The van der Waals surface area contributed by atoms with Gasteiger partial charge in [0.05, 0.1) is 0 Å². The number of amides is 2. The fourth-order valence-electron chi connectivity index (χ4n) is 1.49. The molecule has 2 amide bonds. The Bertz CT molecular complexity index is 738. The molecule has 2 rings (SSSR count). The Morgan fingerprint density at radius 1 is 1.25 bits per heavy atom. The van der Waals surface area contributed by atoms with Crippen molar-refractivity contribution in [3.8, 4) is 0 Å². The molecule has 0 saturated heterocycles. The summed E-state index contributed by atoms with van der Waals surface area (Å²) in [6.45, 7) is 0. The zero-order valence-corrected chi connectivity index (χ0v) is 11.3. The number of rotatable bonds is 3. The summed E-state index contributed by atoms with van der Waals surface area (Å²) < 4.78 is 0. The number of benzene rings is 1. The summed E-state index contributed by atoms with van der Waals surface area (Å²) in [5.41, 5.74) is -0.728. The Kier molecular flexibility index (Phi) is 4.26. The second-order valence-corrected chi connectivity index (χ2v) is 4.68. The molecular formula is C12H12N4O3S. The molecule has 0 aliphatic carbocycles. The van der Waals surface area contributed by atoms with Crippen LogP contribution in [0.15, 0.2) is 44.9 Å². The summed E-state index contributed by atoms with van der Waals surface area (Å²) in [7, 11) is 0. The molecule has 7 nitrogen and oxygen atoms in total. The lowest BCUT2D eigenvalue weighted by Gasteiger charge is -2.07. The summed E-state index contributed by atoms with van der Waals surface area (Å²) in [6, 6.07) is 6.70. The van der Waals surface area contributed by atoms with Crippen molar-refractivity contribution < 1.29 is 4.79 Å². The van der Waals surface area contributed by atoms with Crippen LogP contribution >= 0.6 is 11.8 Å². The van der Waals surface area contributed by atoms with Gasteiger partial charge in [0.1, 0.15) is 5.69 Å². The van der Waals surface area contributed by atoms with Gasteiger partial charge in [0, 0.05) is 16.8 Å². The number of carbonyl (C=O) groups is 1. The highest BCUT2D eigenvalue weighted by atomic mass is 32.2. The smallest absolute Gasteiger partial charge is 0.312 e. The molecule has 4 N–H and O–H groups in total. The van der Waals surface area contributed by atoms with E-state index >= 15 is 0 Å². The summed E-state index contributed by atoms with van der Waals surface area (Å²) in [6.07, 6.45) is 3.07. The van der Waals surface area contributed by atoms with Crippen LogP contribution in [0.1, 0.15) is 0 Å². The number of thioether (sulfide) groups is 1. The van der Waals surface area contributed by atoms with Crippen molar-refractivity contribution in [3.05, 3.63) is 51.3 Å². The summed E-state index contributed by atoms with van der Waals surface area (Å²) in [4.78, 5) is 39.3. The SMILES string of the molecule is CSc1cccc(NC(=O)Nc2c[nH]c(=O)[nH]c2=O)c1. The molecule has 0 aliphatic heterocycles. The quantitative estimate of drug-likeness (QED) is 0.642. The Morgan fingerprint density at radius 2 is 2.05 bits per heavy atom. The van der Waals surface area contributed by atoms with Gasteiger partial charge in [-0.1, -0.05) is 6.07 Å². The van der Waals surface area contributed by atoms with Crippen LogP contribution in [-0.4, -0.2) is 22.3 Å². The van der Waals surface area contributed by atoms with Crippen LogP contribution in [0, 0.1) is 0 Å². The van der Waals surface area contributed by atoms with Gasteiger partial charge < -0.3 is 15.6 Å². The third kappa shape index (κ3) is 3.51. The number of H-pyrrole nitrogens is 2. The zero-order valence-electron chi connectivity index (χ0n) is 10.5. The Hall–Kier alpha value is -2.48. The summed E-state index contributed by atoms with van der Waals surface area (Å²) >= 11 is 1.55. The van der Waals surface area contributed by atoms with Gasteiger partial charge in [-0.05, 0) is 24.5 Å². The second-order valence-electron chi connectivity index (χ2n) is 3.80. The first-order valence-corrected chi connectivity index (χ1v) is 6.85. The Morgan fingerprint density at radius 3 is 2.75 bits per heavy atom. The molecular weight excluding hydrogens is 280 g/mol.